The predicted molar refractivity (Wildman–Crippen MR) is 54.1 cm³/mol. The molecule has 14 heavy (non-hydrogen) atoms. The number of hydrogen-bond acceptors (Lipinski definition) is 4. The predicted octanol–water partition coefficient (Wildman–Crippen LogP) is -0.254. The summed E-state index contributed by atoms with van der Waals surface area (Å²) in [5, 5.41) is 21.5. The number of aliphatic hydroxyl groups excluding tert-OH is 1. The van der Waals surface area contributed by atoms with Gasteiger partial charge in [-0.2, -0.15) is 0 Å². The fourth-order valence-electron chi connectivity index (χ4n) is 1.55. The number of nitrogens with one attached hydrogen (secondary N) is 1. The maximum Gasteiger partial charge on any atom is 0.0972 e. The molecule has 0 aromatic rings. The second kappa shape index (κ2) is 5.66. The summed E-state index contributed by atoms with van der Waals surface area (Å²) in [5.41, 5.74) is -0.995. The molecule has 0 spiro atoms. The number of hydrogen-bond donors (Lipinski definition) is 3. The van der Waals surface area contributed by atoms with Crippen molar-refractivity contribution in [2.75, 3.05) is 32.9 Å². The molecular formula is C10H21NO3. The molecule has 3 N–H and O–H groups in total. The zero-order valence-electron chi connectivity index (χ0n) is 8.83. The lowest BCUT2D eigenvalue weighted by molar-refractivity contribution is 0.000518. The third kappa shape index (κ3) is 4.37. The Labute approximate surface area is 85.3 Å². The second-order valence-corrected chi connectivity index (χ2v) is 4.34. The molecule has 1 atom stereocenters. The van der Waals surface area contributed by atoms with Crippen molar-refractivity contribution in [3.8, 4) is 0 Å². The molecule has 1 aliphatic rings. The van der Waals surface area contributed by atoms with Crippen molar-refractivity contribution in [1.29, 1.82) is 0 Å². The summed E-state index contributed by atoms with van der Waals surface area (Å²) in [4.78, 5) is 0. The lowest BCUT2D eigenvalue weighted by Gasteiger charge is -2.25. The van der Waals surface area contributed by atoms with Crippen LogP contribution in [0.2, 0.25) is 0 Å². The Balaban J connectivity index is 2.08. The molecule has 1 unspecified atom stereocenters. The molecule has 84 valence electrons. The van der Waals surface area contributed by atoms with E-state index < -0.39 is 5.60 Å². The normalized spacial score (nSPS) is 23.4. The summed E-state index contributed by atoms with van der Waals surface area (Å²) < 4.78 is 5.25. The Kier molecular flexibility index (Phi) is 4.81. The fraction of sp³-hybridized carbons (Fsp3) is 1.00. The highest BCUT2D eigenvalue weighted by molar-refractivity contribution is 4.75. The molecular weight excluding hydrogens is 182 g/mol. The van der Waals surface area contributed by atoms with Crippen LogP contribution in [0.15, 0.2) is 0 Å². The smallest absolute Gasteiger partial charge is 0.0972 e. The van der Waals surface area contributed by atoms with Gasteiger partial charge in [-0.15, -0.1) is 0 Å². The Morgan fingerprint density at radius 2 is 2.07 bits per heavy atom. The molecule has 4 nitrogen and oxygen atoms in total. The van der Waals surface area contributed by atoms with Gasteiger partial charge in [0.2, 0.25) is 0 Å². The van der Waals surface area contributed by atoms with Gasteiger partial charge in [0.1, 0.15) is 0 Å². The number of aliphatic hydroxyl groups is 2. The first-order valence-corrected chi connectivity index (χ1v) is 5.26. The van der Waals surface area contributed by atoms with E-state index in [1.807, 2.05) is 0 Å². The van der Waals surface area contributed by atoms with Gasteiger partial charge in [0.15, 0.2) is 0 Å². The van der Waals surface area contributed by atoms with Crippen molar-refractivity contribution in [2.24, 2.45) is 5.92 Å². The molecule has 1 fully saturated rings. The van der Waals surface area contributed by atoms with E-state index in [2.05, 4.69) is 5.32 Å². The molecule has 0 aliphatic carbocycles. The first-order valence-electron chi connectivity index (χ1n) is 5.26. The Morgan fingerprint density at radius 1 is 1.43 bits per heavy atom. The van der Waals surface area contributed by atoms with Crippen molar-refractivity contribution in [1.82, 2.24) is 5.32 Å². The SMILES string of the molecule is CC(O)(CO)CNCC1CCOCC1. The maximum atomic E-state index is 9.52. The van der Waals surface area contributed by atoms with E-state index in [4.69, 9.17) is 9.84 Å². The Bertz CT molecular complexity index is 155. The summed E-state index contributed by atoms with van der Waals surface area (Å²) in [7, 11) is 0. The van der Waals surface area contributed by atoms with Gasteiger partial charge in [-0.3, -0.25) is 0 Å². The molecule has 0 bridgehead atoms. The van der Waals surface area contributed by atoms with E-state index in [0.29, 0.717) is 12.5 Å². The van der Waals surface area contributed by atoms with Crippen LogP contribution < -0.4 is 5.32 Å². The van der Waals surface area contributed by atoms with Gasteiger partial charge in [-0.25, -0.2) is 0 Å². The summed E-state index contributed by atoms with van der Waals surface area (Å²) >= 11 is 0. The zero-order chi connectivity index (χ0) is 10.4. The highest BCUT2D eigenvalue weighted by Crippen LogP contribution is 2.13. The van der Waals surface area contributed by atoms with Crippen molar-refractivity contribution in [3.05, 3.63) is 0 Å². The van der Waals surface area contributed by atoms with Crippen LogP contribution in [0.4, 0.5) is 0 Å². The van der Waals surface area contributed by atoms with E-state index in [0.717, 1.165) is 32.6 Å². The van der Waals surface area contributed by atoms with Gasteiger partial charge in [0, 0.05) is 19.8 Å². The average Bonchev–Trinajstić information content (AvgIpc) is 2.19. The fourth-order valence-corrected chi connectivity index (χ4v) is 1.55. The lowest BCUT2D eigenvalue weighted by atomic mass is 10.00. The van der Waals surface area contributed by atoms with Crippen LogP contribution in [0.3, 0.4) is 0 Å². The lowest BCUT2D eigenvalue weighted by Crippen LogP contribution is -2.42. The largest absolute Gasteiger partial charge is 0.393 e. The molecule has 4 heteroatoms. The quantitative estimate of drug-likeness (QED) is 0.576. The van der Waals surface area contributed by atoms with Crippen LogP contribution in [0.5, 0.6) is 0 Å². The minimum absolute atomic E-state index is 0.201. The number of ether oxygens (including phenoxy) is 1. The van der Waals surface area contributed by atoms with Gasteiger partial charge in [-0.05, 0) is 32.2 Å². The van der Waals surface area contributed by atoms with Crippen LogP contribution in [-0.4, -0.2) is 48.7 Å². The third-order valence-corrected chi connectivity index (χ3v) is 2.62. The van der Waals surface area contributed by atoms with Crippen molar-refractivity contribution in [3.63, 3.8) is 0 Å². The molecule has 0 saturated carbocycles. The molecule has 0 radical (unpaired) electrons. The van der Waals surface area contributed by atoms with E-state index in [-0.39, 0.29) is 6.61 Å². The highest BCUT2D eigenvalue weighted by Gasteiger charge is 2.19. The Hall–Kier alpha value is -0.160. The van der Waals surface area contributed by atoms with Crippen LogP contribution >= 0.6 is 0 Å². The first kappa shape index (κ1) is 11.9. The standard InChI is InChI=1S/C10H21NO3/c1-10(13,8-12)7-11-6-9-2-4-14-5-3-9/h9,11-13H,2-8H2,1H3. The average molecular weight is 203 g/mol. The van der Waals surface area contributed by atoms with Gasteiger partial charge in [-0.1, -0.05) is 0 Å². The summed E-state index contributed by atoms with van der Waals surface area (Å²) in [6, 6.07) is 0. The van der Waals surface area contributed by atoms with Crippen LogP contribution in [0.1, 0.15) is 19.8 Å². The highest BCUT2D eigenvalue weighted by atomic mass is 16.5. The molecule has 1 aliphatic heterocycles. The molecule has 1 rings (SSSR count). The van der Waals surface area contributed by atoms with Gasteiger partial charge >= 0.3 is 0 Å². The van der Waals surface area contributed by atoms with Crippen LogP contribution in [-0.2, 0) is 4.74 Å². The summed E-state index contributed by atoms with van der Waals surface area (Å²) in [6.07, 6.45) is 2.18. The third-order valence-electron chi connectivity index (χ3n) is 2.62. The maximum absolute atomic E-state index is 9.52. The minimum atomic E-state index is -0.995. The molecule has 1 saturated heterocycles. The van der Waals surface area contributed by atoms with E-state index in [1.165, 1.54) is 0 Å². The second-order valence-electron chi connectivity index (χ2n) is 4.34. The van der Waals surface area contributed by atoms with Crippen molar-refractivity contribution in [2.45, 2.75) is 25.4 Å². The van der Waals surface area contributed by atoms with Crippen LogP contribution in [0.25, 0.3) is 0 Å². The molecule has 0 amide bonds. The van der Waals surface area contributed by atoms with Crippen LogP contribution in [0, 0.1) is 5.92 Å². The number of rotatable bonds is 5. The van der Waals surface area contributed by atoms with E-state index in [9.17, 15) is 5.11 Å². The van der Waals surface area contributed by atoms with Gasteiger partial charge in [0.05, 0.1) is 12.2 Å². The zero-order valence-corrected chi connectivity index (χ0v) is 8.83. The van der Waals surface area contributed by atoms with E-state index in [1.54, 1.807) is 6.92 Å². The van der Waals surface area contributed by atoms with Crippen molar-refractivity contribution < 1.29 is 14.9 Å². The first-order chi connectivity index (χ1) is 6.64. The summed E-state index contributed by atoms with van der Waals surface area (Å²) in [5.74, 6) is 0.651. The van der Waals surface area contributed by atoms with Crippen molar-refractivity contribution >= 4 is 0 Å². The van der Waals surface area contributed by atoms with Gasteiger partial charge < -0.3 is 20.3 Å². The molecule has 0 aromatic carbocycles. The van der Waals surface area contributed by atoms with Gasteiger partial charge in [0.25, 0.3) is 0 Å². The summed E-state index contributed by atoms with van der Waals surface area (Å²) in [6.45, 7) is 4.48. The van der Waals surface area contributed by atoms with E-state index >= 15 is 0 Å². The topological polar surface area (TPSA) is 61.7 Å². The Morgan fingerprint density at radius 3 is 2.64 bits per heavy atom. The minimum Gasteiger partial charge on any atom is -0.393 e. The monoisotopic (exact) mass is 203 g/mol. The molecule has 1 heterocycles. The molecule has 0 aromatic heterocycles.